The van der Waals surface area contributed by atoms with E-state index < -0.39 is 0 Å². The number of anilines is 2. The smallest absolute Gasteiger partial charge is 0.193 e. The Morgan fingerprint density at radius 3 is 2.65 bits per heavy atom. The highest BCUT2D eigenvalue weighted by molar-refractivity contribution is 5.92. The van der Waals surface area contributed by atoms with Crippen LogP contribution in [0.5, 0.6) is 0 Å². The first-order chi connectivity index (χ1) is 11.0. The van der Waals surface area contributed by atoms with Gasteiger partial charge in [0.05, 0.1) is 0 Å². The van der Waals surface area contributed by atoms with Crippen molar-refractivity contribution in [1.29, 1.82) is 0 Å². The SMILES string of the molecule is Cc1ccc(NC(N)=NCCCNc2cccc(F)c2)cc1C. The molecule has 0 atom stereocenters. The number of nitrogens with two attached hydrogens (primary N) is 1. The second-order valence-corrected chi connectivity index (χ2v) is 5.48. The Bertz CT molecular complexity index is 682. The number of aryl methyl sites for hydroxylation is 2. The summed E-state index contributed by atoms with van der Waals surface area (Å²) in [5, 5.41) is 6.24. The summed E-state index contributed by atoms with van der Waals surface area (Å²) in [7, 11) is 0. The zero-order chi connectivity index (χ0) is 16.7. The molecule has 0 aliphatic carbocycles. The number of halogens is 1. The molecule has 0 fully saturated rings. The van der Waals surface area contributed by atoms with Crippen molar-refractivity contribution >= 4 is 17.3 Å². The van der Waals surface area contributed by atoms with E-state index in [4.69, 9.17) is 5.73 Å². The van der Waals surface area contributed by atoms with Gasteiger partial charge in [-0.15, -0.1) is 0 Å². The lowest BCUT2D eigenvalue weighted by molar-refractivity contribution is 0.628. The largest absolute Gasteiger partial charge is 0.385 e. The molecule has 0 radical (unpaired) electrons. The first-order valence-electron chi connectivity index (χ1n) is 7.68. The molecule has 2 aromatic carbocycles. The van der Waals surface area contributed by atoms with E-state index in [1.165, 1.54) is 23.3 Å². The maximum Gasteiger partial charge on any atom is 0.193 e. The Labute approximate surface area is 136 Å². The molecule has 0 aliphatic heterocycles. The molecule has 23 heavy (non-hydrogen) atoms. The van der Waals surface area contributed by atoms with E-state index in [2.05, 4.69) is 29.5 Å². The Kier molecular flexibility index (Phi) is 5.97. The number of hydrogen-bond donors (Lipinski definition) is 3. The first-order valence-corrected chi connectivity index (χ1v) is 7.68. The minimum atomic E-state index is -0.241. The zero-order valence-corrected chi connectivity index (χ0v) is 13.6. The van der Waals surface area contributed by atoms with Crippen LogP contribution in [0.3, 0.4) is 0 Å². The van der Waals surface area contributed by atoms with Crippen LogP contribution in [0, 0.1) is 19.7 Å². The van der Waals surface area contributed by atoms with Crippen LogP contribution in [-0.4, -0.2) is 19.0 Å². The second-order valence-electron chi connectivity index (χ2n) is 5.48. The van der Waals surface area contributed by atoms with Crippen molar-refractivity contribution in [1.82, 2.24) is 0 Å². The summed E-state index contributed by atoms with van der Waals surface area (Å²) < 4.78 is 13.0. The van der Waals surface area contributed by atoms with E-state index in [0.717, 1.165) is 17.8 Å². The van der Waals surface area contributed by atoms with E-state index >= 15 is 0 Å². The second kappa shape index (κ2) is 8.17. The molecule has 0 saturated carbocycles. The molecule has 0 bridgehead atoms. The average Bonchev–Trinajstić information content (AvgIpc) is 2.51. The topological polar surface area (TPSA) is 62.4 Å². The number of benzene rings is 2. The zero-order valence-electron chi connectivity index (χ0n) is 13.6. The Morgan fingerprint density at radius 1 is 1.09 bits per heavy atom. The Hall–Kier alpha value is -2.56. The van der Waals surface area contributed by atoms with Gasteiger partial charge in [0.1, 0.15) is 5.82 Å². The maximum atomic E-state index is 13.0. The van der Waals surface area contributed by atoms with Gasteiger partial charge in [-0.3, -0.25) is 4.99 Å². The van der Waals surface area contributed by atoms with Gasteiger partial charge in [0.25, 0.3) is 0 Å². The van der Waals surface area contributed by atoms with Crippen LogP contribution in [0.1, 0.15) is 17.5 Å². The quantitative estimate of drug-likeness (QED) is 0.433. The van der Waals surface area contributed by atoms with Gasteiger partial charge >= 0.3 is 0 Å². The van der Waals surface area contributed by atoms with Gasteiger partial charge in [-0.2, -0.15) is 0 Å². The molecule has 5 heteroatoms. The normalized spacial score (nSPS) is 11.3. The van der Waals surface area contributed by atoms with Gasteiger partial charge in [-0.05, 0) is 61.7 Å². The van der Waals surface area contributed by atoms with Crippen LogP contribution in [0.15, 0.2) is 47.5 Å². The number of nitrogens with zero attached hydrogens (tertiary/aromatic N) is 1. The van der Waals surface area contributed by atoms with Crippen molar-refractivity contribution in [2.75, 3.05) is 23.7 Å². The van der Waals surface area contributed by atoms with E-state index in [9.17, 15) is 4.39 Å². The molecule has 0 heterocycles. The van der Waals surface area contributed by atoms with Crippen molar-refractivity contribution < 1.29 is 4.39 Å². The summed E-state index contributed by atoms with van der Waals surface area (Å²) in [6.45, 7) is 5.45. The molecule has 4 nitrogen and oxygen atoms in total. The van der Waals surface area contributed by atoms with Crippen LogP contribution in [0.4, 0.5) is 15.8 Å². The van der Waals surface area contributed by atoms with Gasteiger partial charge in [0.2, 0.25) is 0 Å². The highest BCUT2D eigenvalue weighted by Gasteiger charge is 1.98. The van der Waals surface area contributed by atoms with Gasteiger partial charge in [0.15, 0.2) is 5.96 Å². The van der Waals surface area contributed by atoms with Gasteiger partial charge in [0, 0.05) is 24.5 Å². The van der Waals surface area contributed by atoms with E-state index in [-0.39, 0.29) is 5.82 Å². The van der Waals surface area contributed by atoms with Gasteiger partial charge < -0.3 is 16.4 Å². The van der Waals surface area contributed by atoms with Crippen LogP contribution >= 0.6 is 0 Å². The number of aliphatic imine (C=N–C) groups is 1. The lowest BCUT2D eigenvalue weighted by Crippen LogP contribution is -2.23. The Balaban J connectivity index is 1.73. The van der Waals surface area contributed by atoms with Crippen LogP contribution < -0.4 is 16.4 Å². The summed E-state index contributed by atoms with van der Waals surface area (Å²) >= 11 is 0. The molecule has 0 aromatic heterocycles. The molecule has 0 aliphatic rings. The Morgan fingerprint density at radius 2 is 1.91 bits per heavy atom. The molecular weight excluding hydrogens is 291 g/mol. The highest BCUT2D eigenvalue weighted by atomic mass is 19.1. The fourth-order valence-corrected chi connectivity index (χ4v) is 2.12. The minimum absolute atomic E-state index is 0.241. The van der Waals surface area contributed by atoms with E-state index in [0.29, 0.717) is 19.0 Å². The predicted octanol–water partition coefficient (Wildman–Crippen LogP) is 3.67. The summed E-state index contributed by atoms with van der Waals surface area (Å²) in [5.74, 6) is 0.161. The van der Waals surface area contributed by atoms with E-state index in [1.807, 2.05) is 24.3 Å². The van der Waals surface area contributed by atoms with E-state index in [1.54, 1.807) is 6.07 Å². The minimum Gasteiger partial charge on any atom is -0.385 e. The number of rotatable bonds is 6. The summed E-state index contributed by atoms with van der Waals surface area (Å²) in [6, 6.07) is 12.5. The lowest BCUT2D eigenvalue weighted by atomic mass is 10.1. The summed E-state index contributed by atoms with van der Waals surface area (Å²) in [4.78, 5) is 4.29. The molecule has 0 saturated heterocycles. The predicted molar refractivity (Wildman–Crippen MR) is 95.5 cm³/mol. The van der Waals surface area contributed by atoms with Gasteiger partial charge in [-0.25, -0.2) is 4.39 Å². The molecule has 0 unspecified atom stereocenters. The van der Waals surface area contributed by atoms with Crippen molar-refractivity contribution in [3.63, 3.8) is 0 Å². The lowest BCUT2D eigenvalue weighted by Gasteiger charge is -2.08. The molecule has 4 N–H and O–H groups in total. The van der Waals surface area contributed by atoms with Crippen molar-refractivity contribution in [2.45, 2.75) is 20.3 Å². The molecule has 2 aromatic rings. The number of guanidine groups is 1. The molecule has 122 valence electrons. The third-order valence-electron chi connectivity index (χ3n) is 3.55. The van der Waals surface area contributed by atoms with Crippen LogP contribution in [0.25, 0.3) is 0 Å². The van der Waals surface area contributed by atoms with Crippen LogP contribution in [-0.2, 0) is 0 Å². The third kappa shape index (κ3) is 5.62. The van der Waals surface area contributed by atoms with Crippen molar-refractivity contribution in [2.24, 2.45) is 10.7 Å². The highest BCUT2D eigenvalue weighted by Crippen LogP contribution is 2.13. The molecule has 0 amide bonds. The monoisotopic (exact) mass is 314 g/mol. The van der Waals surface area contributed by atoms with Crippen molar-refractivity contribution in [3.8, 4) is 0 Å². The van der Waals surface area contributed by atoms with Gasteiger partial charge in [-0.1, -0.05) is 12.1 Å². The fraction of sp³-hybridized carbons (Fsp3) is 0.278. The molecular formula is C18H23FN4. The standard InChI is InChI=1S/C18H23FN4/c1-13-7-8-17(11-14(13)2)23-18(20)22-10-4-9-21-16-6-3-5-15(19)12-16/h3,5-8,11-12,21H,4,9-10H2,1-2H3,(H3,20,22,23). The number of nitrogens with one attached hydrogen (secondary N) is 2. The molecule has 2 rings (SSSR count). The summed E-state index contributed by atoms with van der Waals surface area (Å²) in [6.07, 6.45) is 0.811. The van der Waals surface area contributed by atoms with Crippen molar-refractivity contribution in [3.05, 3.63) is 59.4 Å². The number of hydrogen-bond acceptors (Lipinski definition) is 2. The third-order valence-corrected chi connectivity index (χ3v) is 3.55. The first kappa shape index (κ1) is 16.8. The molecule has 0 spiro atoms. The average molecular weight is 314 g/mol. The fourth-order valence-electron chi connectivity index (χ4n) is 2.12. The van der Waals surface area contributed by atoms with Crippen LogP contribution in [0.2, 0.25) is 0 Å². The summed E-state index contributed by atoms with van der Waals surface area (Å²) in [5.41, 5.74) is 10.0. The maximum absolute atomic E-state index is 13.0.